The van der Waals surface area contributed by atoms with Crippen LogP contribution in [0.15, 0.2) is 41.8 Å². The third-order valence-corrected chi connectivity index (χ3v) is 2.90. The van der Waals surface area contributed by atoms with Crippen LogP contribution in [-0.4, -0.2) is 4.21 Å². The molecule has 1 atom stereocenters. The van der Waals surface area contributed by atoms with E-state index in [1.807, 2.05) is 31.2 Å². The summed E-state index contributed by atoms with van der Waals surface area (Å²) in [5.41, 5.74) is 1.18. The number of hydrogen-bond donors (Lipinski definition) is 0. The first kappa shape index (κ1) is 13.7. The monoisotopic (exact) mass is 200 g/mol. The van der Waals surface area contributed by atoms with Gasteiger partial charge in [-0.15, -0.1) is 29.9 Å². The van der Waals surface area contributed by atoms with Gasteiger partial charge >= 0.3 is 18.9 Å². The van der Waals surface area contributed by atoms with Gasteiger partial charge in [-0.2, -0.15) is 0 Å². The molecule has 0 spiro atoms. The standard InChI is InChI=1S/C11H13OS.Li/c1-3-4-9-13(12)11-7-5-10(2)6-8-11;/h3,5-9H,1,4H2,2H3;/q-1;+1. The van der Waals surface area contributed by atoms with E-state index in [9.17, 15) is 4.21 Å². The van der Waals surface area contributed by atoms with Crippen LogP contribution in [0, 0.1) is 12.7 Å². The molecule has 1 aromatic rings. The number of aryl methyl sites for hydroxylation is 1. The quantitative estimate of drug-likeness (QED) is 0.375. The van der Waals surface area contributed by atoms with Gasteiger partial charge in [-0.1, -0.05) is 17.7 Å². The van der Waals surface area contributed by atoms with Crippen LogP contribution in [0.3, 0.4) is 0 Å². The minimum Gasteiger partial charge on any atom is -0.289 e. The van der Waals surface area contributed by atoms with Gasteiger partial charge in [0.15, 0.2) is 0 Å². The van der Waals surface area contributed by atoms with Crippen molar-refractivity contribution in [3.05, 3.63) is 48.2 Å². The van der Waals surface area contributed by atoms with E-state index < -0.39 is 10.8 Å². The Hall–Kier alpha value is -0.293. The summed E-state index contributed by atoms with van der Waals surface area (Å²) in [6, 6.07) is 7.72. The van der Waals surface area contributed by atoms with Crippen molar-refractivity contribution in [2.45, 2.75) is 18.2 Å². The van der Waals surface area contributed by atoms with E-state index in [0.717, 1.165) is 4.90 Å². The molecular weight excluding hydrogens is 187 g/mol. The smallest absolute Gasteiger partial charge is 0.289 e. The molecule has 14 heavy (non-hydrogen) atoms. The fraction of sp³-hybridized carbons (Fsp3) is 0.182. The second kappa shape index (κ2) is 7.06. The molecule has 0 aliphatic heterocycles. The van der Waals surface area contributed by atoms with Gasteiger partial charge in [-0.25, -0.2) is 5.75 Å². The number of rotatable bonds is 4. The second-order valence-electron chi connectivity index (χ2n) is 2.80. The van der Waals surface area contributed by atoms with Crippen LogP contribution in [0.1, 0.15) is 12.0 Å². The van der Waals surface area contributed by atoms with Crippen LogP contribution in [0.2, 0.25) is 0 Å². The van der Waals surface area contributed by atoms with Crippen LogP contribution in [-0.2, 0) is 10.8 Å². The van der Waals surface area contributed by atoms with Crippen LogP contribution < -0.4 is 18.9 Å². The zero-order chi connectivity index (χ0) is 9.68. The maximum Gasteiger partial charge on any atom is 1.00 e. The molecule has 0 saturated carbocycles. The summed E-state index contributed by atoms with van der Waals surface area (Å²) >= 11 is 0. The summed E-state index contributed by atoms with van der Waals surface area (Å²) in [6.07, 6.45) is 2.42. The minimum absolute atomic E-state index is 0. The Morgan fingerprint density at radius 3 is 2.50 bits per heavy atom. The van der Waals surface area contributed by atoms with Crippen LogP contribution in [0.25, 0.3) is 0 Å². The molecule has 0 aromatic heterocycles. The summed E-state index contributed by atoms with van der Waals surface area (Å²) in [5.74, 6) is 1.75. The van der Waals surface area contributed by atoms with Gasteiger partial charge in [0.05, 0.1) is 0 Å². The fourth-order valence-corrected chi connectivity index (χ4v) is 1.83. The SMILES string of the molecule is C=CC[CH-]S(=O)c1ccc(C)cc1.[Li+]. The summed E-state index contributed by atoms with van der Waals surface area (Å²) in [7, 11) is -0.988. The van der Waals surface area contributed by atoms with Gasteiger partial charge in [0, 0.05) is 4.90 Å². The number of allylic oxidation sites excluding steroid dienone is 1. The molecule has 0 amide bonds. The van der Waals surface area contributed by atoms with Crippen LogP contribution >= 0.6 is 0 Å². The minimum atomic E-state index is -0.988. The van der Waals surface area contributed by atoms with E-state index in [0.29, 0.717) is 6.42 Å². The Bertz CT molecular complexity index is 306. The predicted octanol–water partition coefficient (Wildman–Crippen LogP) is -0.155. The molecule has 3 heteroatoms. The first-order chi connectivity index (χ1) is 6.24. The summed E-state index contributed by atoms with van der Waals surface area (Å²) in [5, 5.41) is 0. The Balaban J connectivity index is 0.00000169. The molecule has 0 fully saturated rings. The molecule has 1 unspecified atom stereocenters. The van der Waals surface area contributed by atoms with Crippen molar-refractivity contribution in [2.24, 2.45) is 0 Å². The van der Waals surface area contributed by atoms with E-state index in [1.54, 1.807) is 11.8 Å². The Kier molecular flexibility index (Phi) is 6.91. The van der Waals surface area contributed by atoms with Crippen molar-refractivity contribution in [1.29, 1.82) is 0 Å². The van der Waals surface area contributed by atoms with Gasteiger partial charge in [0.25, 0.3) is 0 Å². The summed E-state index contributed by atoms with van der Waals surface area (Å²) in [6.45, 7) is 5.59. The fourth-order valence-electron chi connectivity index (χ4n) is 0.924. The Morgan fingerprint density at radius 1 is 1.43 bits per heavy atom. The molecule has 0 radical (unpaired) electrons. The molecule has 0 N–H and O–H groups in total. The maximum absolute atomic E-state index is 11.5. The topological polar surface area (TPSA) is 17.1 Å². The predicted molar refractivity (Wildman–Crippen MR) is 56.7 cm³/mol. The number of hydrogen-bond acceptors (Lipinski definition) is 1. The number of benzene rings is 1. The van der Waals surface area contributed by atoms with E-state index in [2.05, 4.69) is 6.58 Å². The molecule has 0 bridgehead atoms. The van der Waals surface area contributed by atoms with Gasteiger partial charge in [-0.05, 0) is 19.1 Å². The third kappa shape index (κ3) is 4.28. The van der Waals surface area contributed by atoms with Crippen LogP contribution in [0.4, 0.5) is 0 Å². The largest absolute Gasteiger partial charge is 1.00 e. The first-order valence-electron chi connectivity index (χ1n) is 4.15. The average molecular weight is 200 g/mol. The van der Waals surface area contributed by atoms with Crippen molar-refractivity contribution in [3.63, 3.8) is 0 Å². The van der Waals surface area contributed by atoms with Crippen molar-refractivity contribution < 1.29 is 23.1 Å². The van der Waals surface area contributed by atoms with Gasteiger partial charge in [0.2, 0.25) is 0 Å². The Labute approximate surface area is 100 Å². The molecule has 1 aromatic carbocycles. The first-order valence-corrected chi connectivity index (χ1v) is 5.37. The molecule has 0 aliphatic rings. The van der Waals surface area contributed by atoms with E-state index in [-0.39, 0.29) is 18.9 Å². The molecule has 0 saturated heterocycles. The normalized spacial score (nSPS) is 11.5. The maximum atomic E-state index is 11.5. The van der Waals surface area contributed by atoms with Crippen molar-refractivity contribution in [3.8, 4) is 0 Å². The molecule has 70 valence electrons. The van der Waals surface area contributed by atoms with E-state index in [1.165, 1.54) is 5.56 Å². The summed E-state index contributed by atoms with van der Waals surface area (Å²) in [4.78, 5) is 0.854. The van der Waals surface area contributed by atoms with E-state index >= 15 is 0 Å². The van der Waals surface area contributed by atoms with Gasteiger partial charge in [0.1, 0.15) is 0 Å². The zero-order valence-electron chi connectivity index (χ0n) is 8.69. The zero-order valence-corrected chi connectivity index (χ0v) is 9.51. The third-order valence-electron chi connectivity index (χ3n) is 1.67. The molecule has 1 nitrogen and oxygen atoms in total. The molecule has 0 aliphatic carbocycles. The molecule has 1 rings (SSSR count). The second-order valence-corrected chi connectivity index (χ2v) is 4.20. The molecule has 0 heterocycles. The van der Waals surface area contributed by atoms with Crippen LogP contribution in [0.5, 0.6) is 0 Å². The van der Waals surface area contributed by atoms with Crippen molar-refractivity contribution in [2.75, 3.05) is 0 Å². The van der Waals surface area contributed by atoms with E-state index in [4.69, 9.17) is 0 Å². The average Bonchev–Trinajstić information content (AvgIpc) is 2.15. The van der Waals surface area contributed by atoms with Crippen molar-refractivity contribution >= 4 is 10.8 Å². The summed E-state index contributed by atoms with van der Waals surface area (Å²) < 4.78 is 11.5. The Morgan fingerprint density at radius 2 is 2.00 bits per heavy atom. The van der Waals surface area contributed by atoms with Gasteiger partial charge in [-0.3, -0.25) is 4.21 Å². The molecular formula is C11H13LiOS. The van der Waals surface area contributed by atoms with Crippen molar-refractivity contribution in [1.82, 2.24) is 0 Å². The van der Waals surface area contributed by atoms with Gasteiger partial charge < -0.3 is 0 Å².